The molecule has 104 valence electrons. The number of nitrogen functional groups attached to an aromatic ring is 1. The molecule has 19 heavy (non-hydrogen) atoms. The number of anilines is 1. The Morgan fingerprint density at radius 2 is 2.26 bits per heavy atom. The predicted octanol–water partition coefficient (Wildman–Crippen LogP) is 0.513. The summed E-state index contributed by atoms with van der Waals surface area (Å²) in [5.74, 6) is -0.00137. The van der Waals surface area contributed by atoms with Crippen molar-refractivity contribution < 1.29 is 9.90 Å². The van der Waals surface area contributed by atoms with E-state index in [9.17, 15) is 9.90 Å². The van der Waals surface area contributed by atoms with Crippen LogP contribution in [0.4, 0.5) is 5.69 Å². The van der Waals surface area contributed by atoms with Gasteiger partial charge in [-0.1, -0.05) is 12.1 Å². The molecule has 0 spiro atoms. The summed E-state index contributed by atoms with van der Waals surface area (Å²) < 4.78 is 0. The van der Waals surface area contributed by atoms with Crippen LogP contribution < -0.4 is 11.1 Å². The fourth-order valence-corrected chi connectivity index (χ4v) is 2.34. The topological polar surface area (TPSA) is 78.6 Å². The lowest BCUT2D eigenvalue weighted by atomic mass is 9.97. The van der Waals surface area contributed by atoms with Gasteiger partial charge >= 0.3 is 0 Å². The highest BCUT2D eigenvalue weighted by Gasteiger charge is 2.38. The van der Waals surface area contributed by atoms with Crippen LogP contribution in [0, 0.1) is 0 Å². The number of amides is 1. The molecule has 1 aliphatic heterocycles. The van der Waals surface area contributed by atoms with E-state index in [1.165, 1.54) is 0 Å². The molecule has 1 amide bonds. The fraction of sp³-hybridized carbons (Fsp3) is 0.500. The van der Waals surface area contributed by atoms with Gasteiger partial charge in [0.15, 0.2) is 0 Å². The summed E-state index contributed by atoms with van der Waals surface area (Å²) in [5, 5.41) is 13.1. The van der Waals surface area contributed by atoms with Gasteiger partial charge in [-0.05, 0) is 31.5 Å². The van der Waals surface area contributed by atoms with Crippen molar-refractivity contribution in [3.63, 3.8) is 0 Å². The van der Waals surface area contributed by atoms with Crippen molar-refractivity contribution >= 4 is 11.6 Å². The molecule has 5 heteroatoms. The molecule has 4 N–H and O–H groups in total. The van der Waals surface area contributed by atoms with Crippen LogP contribution in [0.15, 0.2) is 24.3 Å². The molecule has 0 bridgehead atoms. The highest BCUT2D eigenvalue weighted by atomic mass is 16.3. The zero-order valence-electron chi connectivity index (χ0n) is 11.4. The minimum absolute atomic E-state index is 0.00137. The second-order valence-electron chi connectivity index (χ2n) is 5.45. The van der Waals surface area contributed by atoms with Crippen molar-refractivity contribution in [2.75, 3.05) is 25.4 Å². The maximum atomic E-state index is 11.8. The summed E-state index contributed by atoms with van der Waals surface area (Å²) in [6.07, 6.45) is -0.645. The van der Waals surface area contributed by atoms with E-state index in [1.807, 2.05) is 30.9 Å². The van der Waals surface area contributed by atoms with E-state index in [2.05, 4.69) is 5.32 Å². The van der Waals surface area contributed by atoms with Crippen molar-refractivity contribution in [3.8, 4) is 0 Å². The molecule has 1 aromatic carbocycles. The molecule has 0 aliphatic carbocycles. The van der Waals surface area contributed by atoms with E-state index in [0.717, 1.165) is 12.1 Å². The van der Waals surface area contributed by atoms with E-state index >= 15 is 0 Å². The van der Waals surface area contributed by atoms with Crippen LogP contribution in [0.5, 0.6) is 0 Å². The Morgan fingerprint density at radius 1 is 1.53 bits per heavy atom. The fourth-order valence-electron chi connectivity index (χ4n) is 2.34. The van der Waals surface area contributed by atoms with E-state index in [1.54, 1.807) is 12.1 Å². The number of aliphatic hydroxyl groups is 1. The molecule has 0 radical (unpaired) electrons. The van der Waals surface area contributed by atoms with Crippen LogP contribution in [-0.2, 0) is 4.79 Å². The molecular weight excluding hydrogens is 242 g/mol. The lowest BCUT2D eigenvalue weighted by Crippen LogP contribution is -2.62. The van der Waals surface area contributed by atoms with Gasteiger partial charge in [-0.3, -0.25) is 9.69 Å². The Hall–Kier alpha value is -1.59. The largest absolute Gasteiger partial charge is 0.399 e. The number of hydrogen-bond donors (Lipinski definition) is 3. The Bertz CT molecular complexity index is 474. The molecule has 5 nitrogen and oxygen atoms in total. The number of nitrogens with two attached hydrogens (primary N) is 1. The summed E-state index contributed by atoms with van der Waals surface area (Å²) in [6, 6.07) is 7.22. The molecule has 0 aromatic heterocycles. The van der Waals surface area contributed by atoms with Crippen LogP contribution >= 0.6 is 0 Å². The Labute approximate surface area is 113 Å². The molecule has 0 saturated carbocycles. The van der Waals surface area contributed by atoms with Crippen molar-refractivity contribution in [1.29, 1.82) is 0 Å². The average Bonchev–Trinajstić information content (AvgIpc) is 2.35. The van der Waals surface area contributed by atoms with Gasteiger partial charge in [-0.25, -0.2) is 0 Å². The third kappa shape index (κ3) is 2.88. The van der Waals surface area contributed by atoms with Gasteiger partial charge in [0.1, 0.15) is 0 Å². The molecule has 2 rings (SSSR count). The van der Waals surface area contributed by atoms with Gasteiger partial charge < -0.3 is 16.2 Å². The molecule has 1 atom stereocenters. The highest BCUT2D eigenvalue weighted by molar-refractivity contribution is 5.86. The minimum Gasteiger partial charge on any atom is -0.399 e. The zero-order valence-corrected chi connectivity index (χ0v) is 11.4. The van der Waals surface area contributed by atoms with Gasteiger partial charge in [-0.15, -0.1) is 0 Å². The highest BCUT2D eigenvalue weighted by Crippen LogP contribution is 2.23. The first-order chi connectivity index (χ1) is 8.91. The maximum absolute atomic E-state index is 11.8. The predicted molar refractivity (Wildman–Crippen MR) is 74.5 cm³/mol. The number of nitrogens with zero attached hydrogens (tertiary/aromatic N) is 1. The number of piperazine rings is 1. The second kappa shape index (κ2) is 5.19. The number of hydrogen-bond acceptors (Lipinski definition) is 4. The van der Waals surface area contributed by atoms with Crippen molar-refractivity contribution in [2.24, 2.45) is 0 Å². The van der Waals surface area contributed by atoms with Crippen molar-refractivity contribution in [1.82, 2.24) is 10.2 Å². The molecule has 1 heterocycles. The monoisotopic (exact) mass is 263 g/mol. The van der Waals surface area contributed by atoms with Gasteiger partial charge in [0.2, 0.25) is 5.91 Å². The van der Waals surface area contributed by atoms with Crippen LogP contribution in [0.3, 0.4) is 0 Å². The number of carbonyl (C=O) groups excluding carboxylic acids is 1. The Balaban J connectivity index is 2.10. The Morgan fingerprint density at radius 3 is 2.95 bits per heavy atom. The van der Waals surface area contributed by atoms with Crippen LogP contribution in [0.25, 0.3) is 0 Å². The first-order valence-corrected chi connectivity index (χ1v) is 6.48. The van der Waals surface area contributed by atoms with E-state index in [4.69, 9.17) is 5.73 Å². The molecule has 1 saturated heterocycles. The number of rotatable bonds is 3. The summed E-state index contributed by atoms with van der Waals surface area (Å²) in [7, 11) is 0. The van der Waals surface area contributed by atoms with Gasteiger partial charge in [-0.2, -0.15) is 0 Å². The van der Waals surface area contributed by atoms with Gasteiger partial charge in [0.05, 0.1) is 11.6 Å². The Kier molecular flexibility index (Phi) is 3.78. The molecule has 1 aromatic rings. The lowest BCUT2D eigenvalue weighted by molar-refractivity contribution is -0.136. The number of nitrogens with one attached hydrogen (secondary N) is 1. The van der Waals surface area contributed by atoms with E-state index in [-0.39, 0.29) is 5.91 Å². The molecule has 1 aliphatic rings. The van der Waals surface area contributed by atoms with Crippen molar-refractivity contribution in [2.45, 2.75) is 25.5 Å². The average molecular weight is 263 g/mol. The zero-order chi connectivity index (χ0) is 14.0. The van der Waals surface area contributed by atoms with Gasteiger partial charge in [0.25, 0.3) is 0 Å². The second-order valence-corrected chi connectivity index (χ2v) is 5.45. The molecular formula is C14H21N3O2. The summed E-state index contributed by atoms with van der Waals surface area (Å²) in [4.78, 5) is 13.8. The summed E-state index contributed by atoms with van der Waals surface area (Å²) in [5.41, 5.74) is 6.53. The third-order valence-electron chi connectivity index (χ3n) is 3.70. The smallest absolute Gasteiger partial charge is 0.240 e. The number of carbonyl (C=O) groups is 1. The first-order valence-electron chi connectivity index (χ1n) is 6.48. The first kappa shape index (κ1) is 13.8. The minimum atomic E-state index is -0.645. The number of aliphatic hydroxyl groups excluding tert-OH is 1. The summed E-state index contributed by atoms with van der Waals surface area (Å²) >= 11 is 0. The molecule has 1 unspecified atom stereocenters. The van der Waals surface area contributed by atoms with Crippen LogP contribution in [-0.4, -0.2) is 41.1 Å². The number of benzene rings is 1. The molecule has 1 fully saturated rings. The maximum Gasteiger partial charge on any atom is 0.240 e. The van der Waals surface area contributed by atoms with E-state index in [0.29, 0.717) is 18.8 Å². The van der Waals surface area contributed by atoms with E-state index < -0.39 is 11.6 Å². The standard InChI is InChI=1S/C14H21N3O2/c1-14(2)13(19)16-6-7-17(14)9-12(18)10-4-3-5-11(15)8-10/h3-5,8,12,18H,6-7,9,15H2,1-2H3,(H,16,19). The summed E-state index contributed by atoms with van der Waals surface area (Å²) in [6.45, 7) is 5.51. The van der Waals surface area contributed by atoms with Gasteiger partial charge in [0, 0.05) is 25.3 Å². The quantitative estimate of drug-likeness (QED) is 0.694. The van der Waals surface area contributed by atoms with Crippen LogP contribution in [0.2, 0.25) is 0 Å². The lowest BCUT2D eigenvalue weighted by Gasteiger charge is -2.42. The third-order valence-corrected chi connectivity index (χ3v) is 3.70. The van der Waals surface area contributed by atoms with Crippen molar-refractivity contribution in [3.05, 3.63) is 29.8 Å². The normalized spacial score (nSPS) is 20.9. The SMILES string of the molecule is CC1(C)C(=O)NCCN1CC(O)c1cccc(N)c1. The number of β-amino-alcohol motifs (C(OH)–C–C–N with tert-alkyl or cyclic N) is 1. The van der Waals surface area contributed by atoms with Crippen LogP contribution in [0.1, 0.15) is 25.5 Å².